The molecule has 0 aromatic rings. The molecule has 0 aromatic heterocycles. The highest BCUT2D eigenvalue weighted by Crippen LogP contribution is 1.69. The lowest BCUT2D eigenvalue weighted by atomic mass is 10.6. The molecule has 0 aliphatic rings. The van der Waals surface area contributed by atoms with Crippen molar-refractivity contribution in [1.82, 2.24) is 4.90 Å². The minimum atomic E-state index is -1.13. The molecular weight excluding hydrogens is 130 g/mol. The molecule has 4 heteroatoms. The summed E-state index contributed by atoms with van der Waals surface area (Å²) in [6.45, 7) is -1.13. The Bertz CT molecular complexity index is 98.6. The number of aliphatic carboxylic acids is 1. The number of hydrogen-bond acceptors (Lipinski definition) is 2. The summed E-state index contributed by atoms with van der Waals surface area (Å²) >= 11 is 0. The Kier molecular flexibility index (Phi) is 4.70. The van der Waals surface area contributed by atoms with Gasteiger partial charge in [0, 0.05) is 0 Å². The molecule has 1 atom stereocenters. The van der Waals surface area contributed by atoms with E-state index in [0.29, 0.717) is 0 Å². The van der Waals surface area contributed by atoms with Gasteiger partial charge in [0.2, 0.25) is 0 Å². The van der Waals surface area contributed by atoms with Crippen LogP contribution in [0.4, 0.5) is 0 Å². The lowest BCUT2D eigenvalue weighted by Crippen LogP contribution is -2.20. The Morgan fingerprint density at radius 1 is 1.88 bits per heavy atom. The molecular formula is C4H10ClNO2. The molecule has 0 bridgehead atoms. The van der Waals surface area contributed by atoms with E-state index in [2.05, 4.69) is 0 Å². The highest BCUT2D eigenvalue weighted by atomic mass is 35.5. The van der Waals surface area contributed by atoms with E-state index in [1.54, 1.807) is 14.1 Å². The molecule has 0 heterocycles. The molecule has 0 radical (unpaired) electrons. The van der Waals surface area contributed by atoms with Crippen LogP contribution in [0.5, 0.6) is 0 Å². The van der Waals surface area contributed by atoms with E-state index in [1.165, 1.54) is 4.90 Å². The van der Waals surface area contributed by atoms with Gasteiger partial charge in [0.05, 0.1) is 7.89 Å². The third kappa shape index (κ3) is 9.21. The van der Waals surface area contributed by atoms with Crippen LogP contribution < -0.4 is 0 Å². The van der Waals surface area contributed by atoms with Gasteiger partial charge in [0.15, 0.2) is 0 Å². The molecule has 0 rings (SSSR count). The van der Waals surface area contributed by atoms with Gasteiger partial charge in [-0.3, -0.25) is 9.69 Å². The van der Waals surface area contributed by atoms with Crippen LogP contribution in [0.1, 0.15) is 1.37 Å². The fraction of sp³-hybridized carbons (Fsp3) is 0.750. The summed E-state index contributed by atoms with van der Waals surface area (Å²) in [5, 5.41) is 8.12. The molecule has 1 N–H and O–H groups in total. The van der Waals surface area contributed by atoms with E-state index >= 15 is 0 Å². The van der Waals surface area contributed by atoms with E-state index in [-0.39, 0.29) is 12.4 Å². The van der Waals surface area contributed by atoms with E-state index in [0.717, 1.165) is 0 Å². The molecule has 0 aliphatic carbocycles. The second-order valence-corrected chi connectivity index (χ2v) is 1.43. The maximum Gasteiger partial charge on any atom is 0.317 e. The van der Waals surface area contributed by atoms with Gasteiger partial charge >= 0.3 is 5.97 Å². The molecule has 0 unspecified atom stereocenters. The van der Waals surface area contributed by atoms with E-state index in [4.69, 9.17) is 6.48 Å². The van der Waals surface area contributed by atoms with Crippen molar-refractivity contribution in [3.05, 3.63) is 0 Å². The Labute approximate surface area is 56.1 Å². The third-order valence-electron chi connectivity index (χ3n) is 0.369. The van der Waals surface area contributed by atoms with Crippen LogP contribution >= 0.6 is 12.4 Å². The summed E-state index contributed by atoms with van der Waals surface area (Å²) in [4.78, 5) is 11.2. The molecule has 0 saturated heterocycles. The lowest BCUT2D eigenvalue weighted by molar-refractivity contribution is -0.137. The largest absolute Gasteiger partial charge is 0.480 e. The predicted molar refractivity (Wildman–Crippen MR) is 33.4 cm³/mol. The SMILES string of the molecule is Cl.[3H][C@@H](C(=O)O)N(C)C. The Morgan fingerprint density at radius 3 is 2.25 bits per heavy atom. The van der Waals surface area contributed by atoms with Crippen LogP contribution in [0.15, 0.2) is 0 Å². The topological polar surface area (TPSA) is 40.5 Å². The van der Waals surface area contributed by atoms with Crippen LogP contribution in [-0.4, -0.2) is 36.6 Å². The number of carbonyl (C=O) groups is 1. The van der Waals surface area contributed by atoms with E-state index in [9.17, 15) is 4.79 Å². The first-order chi connectivity index (χ1) is 3.55. The molecule has 0 fully saturated rings. The zero-order valence-electron chi connectivity index (χ0n) is 5.79. The first kappa shape index (κ1) is 7.72. The number of carboxylic acid groups (broad SMARTS) is 1. The standard InChI is InChI=1S/C4H9NO2.ClH/c1-5(2)3-4(6)7;/h3H2,1-2H3,(H,6,7);1H/i3T;/t3-;/m0./s1. The van der Waals surface area contributed by atoms with Crippen molar-refractivity contribution in [2.24, 2.45) is 0 Å². The Balaban J connectivity index is 0. The smallest absolute Gasteiger partial charge is 0.317 e. The van der Waals surface area contributed by atoms with E-state index < -0.39 is 12.5 Å². The van der Waals surface area contributed by atoms with Gasteiger partial charge in [0.25, 0.3) is 0 Å². The monoisotopic (exact) mass is 141 g/mol. The minimum Gasteiger partial charge on any atom is -0.480 e. The van der Waals surface area contributed by atoms with Crippen molar-refractivity contribution in [3.8, 4) is 0 Å². The summed E-state index contributed by atoms with van der Waals surface area (Å²) in [6.07, 6.45) is 0. The van der Waals surface area contributed by atoms with Gasteiger partial charge in [-0.1, -0.05) is 0 Å². The predicted octanol–water partition coefficient (Wildman–Crippen LogP) is 0.0544. The minimum absolute atomic E-state index is 0. The molecule has 0 spiro atoms. The normalized spacial score (nSPS) is 14.1. The van der Waals surface area contributed by atoms with Crippen LogP contribution in [-0.2, 0) is 4.79 Å². The van der Waals surface area contributed by atoms with Crippen LogP contribution in [0, 0.1) is 0 Å². The van der Waals surface area contributed by atoms with Crippen molar-refractivity contribution < 1.29 is 11.3 Å². The average molecular weight is 142 g/mol. The first-order valence-electron chi connectivity index (χ1n) is 2.45. The second kappa shape index (κ2) is 4.87. The quantitative estimate of drug-likeness (QED) is 0.591. The average Bonchev–Trinajstić information content (AvgIpc) is 1.64. The van der Waals surface area contributed by atoms with Gasteiger partial charge < -0.3 is 5.11 Å². The van der Waals surface area contributed by atoms with Crippen LogP contribution in [0.3, 0.4) is 0 Å². The van der Waals surface area contributed by atoms with Crippen molar-refractivity contribution in [2.45, 2.75) is 0 Å². The fourth-order valence-corrected chi connectivity index (χ4v) is 0.221. The molecule has 0 aromatic carbocycles. The number of halogens is 1. The zero-order chi connectivity index (χ0) is 6.73. The maximum absolute atomic E-state index is 9.91. The van der Waals surface area contributed by atoms with Gasteiger partial charge in [-0.2, -0.15) is 0 Å². The molecule has 50 valence electrons. The zero-order valence-corrected chi connectivity index (χ0v) is 5.60. The molecule has 0 saturated carbocycles. The van der Waals surface area contributed by atoms with Crippen LogP contribution in [0.2, 0.25) is 0 Å². The summed E-state index contributed by atoms with van der Waals surface area (Å²) in [7, 11) is 3.09. The van der Waals surface area contributed by atoms with Gasteiger partial charge in [-0.15, -0.1) is 12.4 Å². The maximum atomic E-state index is 9.91. The summed E-state index contributed by atoms with van der Waals surface area (Å²) < 4.78 is 6.81. The molecule has 3 nitrogen and oxygen atoms in total. The van der Waals surface area contributed by atoms with Crippen molar-refractivity contribution in [2.75, 3.05) is 20.6 Å². The summed E-state index contributed by atoms with van der Waals surface area (Å²) in [5.41, 5.74) is 0. The Hall–Kier alpha value is -0.280. The highest BCUT2D eigenvalue weighted by Gasteiger charge is 1.94. The molecule has 0 amide bonds. The van der Waals surface area contributed by atoms with Crippen molar-refractivity contribution in [3.63, 3.8) is 0 Å². The van der Waals surface area contributed by atoms with Crippen LogP contribution in [0.25, 0.3) is 0 Å². The Morgan fingerprint density at radius 2 is 2.25 bits per heavy atom. The number of nitrogens with zero attached hydrogens (tertiary/aromatic N) is 1. The van der Waals surface area contributed by atoms with Crippen molar-refractivity contribution >= 4 is 18.4 Å². The fourth-order valence-electron chi connectivity index (χ4n) is 0.221. The van der Waals surface area contributed by atoms with E-state index in [1.807, 2.05) is 0 Å². The van der Waals surface area contributed by atoms with Crippen molar-refractivity contribution in [1.29, 1.82) is 0 Å². The number of carboxylic acids is 1. The number of likely N-dealkylation sites (N-methyl/N-ethyl adjacent to an activating group) is 1. The lowest BCUT2D eigenvalue weighted by Gasteiger charge is -2.01. The first-order valence-corrected chi connectivity index (χ1v) is 1.87. The number of hydrogen-bond donors (Lipinski definition) is 1. The third-order valence-corrected chi connectivity index (χ3v) is 0.369. The van der Waals surface area contributed by atoms with Gasteiger partial charge in [-0.25, -0.2) is 0 Å². The van der Waals surface area contributed by atoms with Gasteiger partial charge in [0.1, 0.15) is 0 Å². The highest BCUT2D eigenvalue weighted by molar-refractivity contribution is 5.85. The second-order valence-electron chi connectivity index (χ2n) is 1.43. The summed E-state index contributed by atoms with van der Waals surface area (Å²) in [5.74, 6) is -1.12. The molecule has 0 aliphatic heterocycles. The molecule has 8 heavy (non-hydrogen) atoms. The number of rotatable bonds is 2. The van der Waals surface area contributed by atoms with Gasteiger partial charge in [-0.05, 0) is 14.1 Å². The summed E-state index contributed by atoms with van der Waals surface area (Å²) in [6, 6.07) is 0.